The lowest BCUT2D eigenvalue weighted by Crippen LogP contribution is -2.35. The summed E-state index contributed by atoms with van der Waals surface area (Å²) in [5.74, 6) is 0.479. The van der Waals surface area contributed by atoms with Crippen molar-refractivity contribution in [1.82, 2.24) is 19.6 Å². The van der Waals surface area contributed by atoms with Crippen LogP contribution < -0.4 is 10.1 Å². The maximum atomic E-state index is 15.1. The lowest BCUT2D eigenvalue weighted by Gasteiger charge is -2.28. The zero-order valence-corrected chi connectivity index (χ0v) is 16.4. The molecular weight excluding hydrogens is 371 g/mol. The summed E-state index contributed by atoms with van der Waals surface area (Å²) in [6.07, 6.45) is 1.66. The number of benzene rings is 1. The van der Waals surface area contributed by atoms with Gasteiger partial charge in [0, 0.05) is 31.7 Å². The molecule has 0 saturated carbocycles. The van der Waals surface area contributed by atoms with Gasteiger partial charge in [0.2, 0.25) is 5.95 Å². The van der Waals surface area contributed by atoms with Gasteiger partial charge in [-0.1, -0.05) is 18.2 Å². The molecule has 1 amide bonds. The molecule has 150 valence electrons. The van der Waals surface area contributed by atoms with Crippen molar-refractivity contribution in [2.45, 2.75) is 13.0 Å². The summed E-state index contributed by atoms with van der Waals surface area (Å²) in [4.78, 5) is 19.5. The summed E-state index contributed by atoms with van der Waals surface area (Å²) < 4.78 is 21.7. The molecule has 0 aliphatic carbocycles. The number of hydrogen-bond acceptors (Lipinski definition) is 4. The van der Waals surface area contributed by atoms with Crippen LogP contribution in [0.1, 0.15) is 27.7 Å². The van der Waals surface area contributed by atoms with Crippen LogP contribution in [0, 0.1) is 24.7 Å². The second-order valence-corrected chi connectivity index (χ2v) is 7.94. The molecule has 0 bridgehead atoms. The average molecular weight is 394 g/mol. The Bertz CT molecular complexity index is 1080. The number of aromatic nitrogens is 2. The number of hydrogen-bond donors (Lipinski definition) is 1. The van der Waals surface area contributed by atoms with Gasteiger partial charge >= 0.3 is 0 Å². The molecule has 6 nitrogen and oxygen atoms in total. The van der Waals surface area contributed by atoms with Crippen molar-refractivity contribution in [3.05, 3.63) is 65.4 Å². The van der Waals surface area contributed by atoms with Crippen molar-refractivity contribution in [2.24, 2.45) is 11.8 Å². The predicted octanol–water partition coefficient (Wildman–Crippen LogP) is 2.82. The van der Waals surface area contributed by atoms with E-state index in [1.54, 1.807) is 24.3 Å². The van der Waals surface area contributed by atoms with Crippen molar-refractivity contribution in [3.63, 3.8) is 0 Å². The van der Waals surface area contributed by atoms with Crippen LogP contribution in [0.3, 0.4) is 0 Å². The number of nitrogens with one attached hydrogen (secondary N) is 1. The molecule has 1 N–H and O–H groups in total. The molecule has 2 aromatic heterocycles. The largest absolute Gasteiger partial charge is 0.497 e. The van der Waals surface area contributed by atoms with Crippen molar-refractivity contribution in [1.29, 1.82) is 0 Å². The Morgan fingerprint density at radius 2 is 2.00 bits per heavy atom. The zero-order chi connectivity index (χ0) is 20.1. The molecule has 3 atom stereocenters. The molecule has 2 aliphatic rings. The highest BCUT2D eigenvalue weighted by molar-refractivity contribution is 5.93. The second-order valence-electron chi connectivity index (χ2n) is 7.94. The summed E-state index contributed by atoms with van der Waals surface area (Å²) in [6.45, 7) is 4.19. The standard InChI is InChI=1S/C22H23FN4O2/c1-13-3-8-18-25-19(21(23)26(18)11-13)22(28)27-12-15-9-24-10-17(15)20(27)14-4-6-16(29-2)7-5-14/h3-8,11,15,17,20,24H,9-10,12H2,1-2H3/t15-,17-,20-/m0/s1. The minimum Gasteiger partial charge on any atom is -0.497 e. The first-order chi connectivity index (χ1) is 14.1. The predicted molar refractivity (Wildman–Crippen MR) is 107 cm³/mol. The van der Waals surface area contributed by atoms with Crippen LogP contribution in [-0.4, -0.2) is 46.9 Å². The molecule has 0 unspecified atom stereocenters. The van der Waals surface area contributed by atoms with E-state index in [-0.39, 0.29) is 17.6 Å². The van der Waals surface area contributed by atoms with Crippen LogP contribution >= 0.6 is 0 Å². The fourth-order valence-electron chi connectivity index (χ4n) is 4.75. The van der Waals surface area contributed by atoms with Crippen molar-refractivity contribution in [2.75, 3.05) is 26.7 Å². The molecule has 1 aromatic carbocycles. The van der Waals surface area contributed by atoms with Crippen molar-refractivity contribution < 1.29 is 13.9 Å². The van der Waals surface area contributed by atoms with Gasteiger partial charge in [-0.2, -0.15) is 4.39 Å². The highest BCUT2D eigenvalue weighted by Crippen LogP contribution is 2.43. The fraction of sp³-hybridized carbons (Fsp3) is 0.364. The number of rotatable bonds is 3. The van der Waals surface area contributed by atoms with Gasteiger partial charge in [-0.15, -0.1) is 0 Å². The van der Waals surface area contributed by atoms with E-state index in [9.17, 15) is 4.79 Å². The average Bonchev–Trinajstić information content (AvgIpc) is 3.41. The summed E-state index contributed by atoms with van der Waals surface area (Å²) in [7, 11) is 1.63. The number of nitrogens with zero attached hydrogens (tertiary/aromatic N) is 3. The van der Waals surface area contributed by atoms with Crippen LogP contribution in [0.15, 0.2) is 42.6 Å². The van der Waals surface area contributed by atoms with Crippen LogP contribution in [0.5, 0.6) is 5.75 Å². The molecule has 3 aromatic rings. The maximum absolute atomic E-state index is 15.1. The van der Waals surface area contributed by atoms with Crippen LogP contribution in [-0.2, 0) is 0 Å². The van der Waals surface area contributed by atoms with Gasteiger partial charge in [0.15, 0.2) is 5.69 Å². The number of methoxy groups -OCH3 is 1. The summed E-state index contributed by atoms with van der Waals surface area (Å²) in [5.41, 5.74) is 2.28. The van der Waals surface area contributed by atoms with E-state index in [1.807, 2.05) is 37.3 Å². The highest BCUT2D eigenvalue weighted by atomic mass is 19.1. The fourth-order valence-corrected chi connectivity index (χ4v) is 4.75. The number of halogens is 1. The third kappa shape index (κ3) is 2.88. The molecule has 0 radical (unpaired) electrons. The maximum Gasteiger partial charge on any atom is 0.277 e. The number of ether oxygens (including phenoxy) is 1. The number of amides is 1. The zero-order valence-electron chi connectivity index (χ0n) is 16.4. The lowest BCUT2D eigenvalue weighted by molar-refractivity contribution is 0.0703. The van der Waals surface area contributed by atoms with E-state index >= 15 is 4.39 Å². The van der Waals surface area contributed by atoms with E-state index in [2.05, 4.69) is 10.3 Å². The minimum absolute atomic E-state index is 0.109. The molecule has 0 spiro atoms. The van der Waals surface area contributed by atoms with Gasteiger partial charge < -0.3 is 15.0 Å². The van der Waals surface area contributed by atoms with Gasteiger partial charge in [-0.25, -0.2) is 4.98 Å². The number of aryl methyl sites for hydroxylation is 1. The molecule has 2 aliphatic heterocycles. The van der Waals surface area contributed by atoms with E-state index < -0.39 is 5.95 Å². The van der Waals surface area contributed by atoms with Crippen LogP contribution in [0.4, 0.5) is 4.39 Å². The smallest absolute Gasteiger partial charge is 0.277 e. The SMILES string of the molecule is COc1ccc([C@H]2[C@H]3CNC[C@H]3CN2C(=O)c2nc3ccc(C)cn3c2F)cc1. The van der Waals surface area contributed by atoms with Gasteiger partial charge in [-0.05, 0) is 42.2 Å². The Kier molecular flexibility index (Phi) is 4.28. The molecule has 5 rings (SSSR count). The third-order valence-corrected chi connectivity index (χ3v) is 6.19. The minimum atomic E-state index is -0.600. The van der Waals surface area contributed by atoms with Gasteiger partial charge in [0.25, 0.3) is 5.91 Å². The Balaban J connectivity index is 1.54. The van der Waals surface area contributed by atoms with E-state index in [0.29, 0.717) is 24.0 Å². The number of imidazole rings is 1. The Morgan fingerprint density at radius 1 is 1.21 bits per heavy atom. The van der Waals surface area contributed by atoms with Crippen molar-refractivity contribution >= 4 is 11.6 Å². The van der Waals surface area contributed by atoms with E-state index in [4.69, 9.17) is 4.74 Å². The summed E-state index contributed by atoms with van der Waals surface area (Å²) in [6, 6.07) is 11.3. The highest BCUT2D eigenvalue weighted by Gasteiger charge is 2.47. The van der Waals surface area contributed by atoms with E-state index in [0.717, 1.165) is 30.0 Å². The normalized spacial score (nSPS) is 23.6. The molecule has 4 heterocycles. The molecule has 7 heteroatoms. The number of pyridine rings is 1. The van der Waals surface area contributed by atoms with Gasteiger partial charge in [-0.3, -0.25) is 9.20 Å². The first kappa shape index (κ1) is 18.1. The van der Waals surface area contributed by atoms with Crippen molar-refractivity contribution in [3.8, 4) is 5.75 Å². The van der Waals surface area contributed by atoms with Crippen LogP contribution in [0.25, 0.3) is 5.65 Å². The topological polar surface area (TPSA) is 58.9 Å². The first-order valence-electron chi connectivity index (χ1n) is 9.86. The molecular formula is C22H23FN4O2. The summed E-state index contributed by atoms with van der Waals surface area (Å²) in [5, 5.41) is 3.43. The van der Waals surface area contributed by atoms with Gasteiger partial charge in [0.05, 0.1) is 13.2 Å². The molecule has 29 heavy (non-hydrogen) atoms. The Labute approximate surface area is 168 Å². The molecule has 2 saturated heterocycles. The van der Waals surface area contributed by atoms with E-state index in [1.165, 1.54) is 4.40 Å². The third-order valence-electron chi connectivity index (χ3n) is 6.19. The number of carbonyl (C=O) groups is 1. The van der Waals surface area contributed by atoms with Crippen LogP contribution in [0.2, 0.25) is 0 Å². The monoisotopic (exact) mass is 394 g/mol. The second kappa shape index (κ2) is 6.84. The quantitative estimate of drug-likeness (QED) is 0.742. The Morgan fingerprint density at radius 3 is 2.76 bits per heavy atom. The Hall–Kier alpha value is -2.93. The van der Waals surface area contributed by atoms with Gasteiger partial charge in [0.1, 0.15) is 11.4 Å². The number of likely N-dealkylation sites (tertiary alicyclic amines) is 1. The lowest BCUT2D eigenvalue weighted by atomic mass is 9.89. The molecule has 2 fully saturated rings. The number of fused-ring (bicyclic) bond motifs is 2. The summed E-state index contributed by atoms with van der Waals surface area (Å²) >= 11 is 0. The first-order valence-corrected chi connectivity index (χ1v) is 9.86. The number of carbonyl (C=O) groups excluding carboxylic acids is 1.